The lowest BCUT2D eigenvalue weighted by Crippen LogP contribution is -2.54. The summed E-state index contributed by atoms with van der Waals surface area (Å²) in [5.74, 6) is -1.78. The molecule has 2 aromatic carbocycles. The van der Waals surface area contributed by atoms with Gasteiger partial charge in [0.15, 0.2) is 0 Å². The molecule has 2 heterocycles. The Morgan fingerprint density at radius 3 is 2.52 bits per heavy atom. The van der Waals surface area contributed by atoms with Gasteiger partial charge in [0.1, 0.15) is 11.8 Å². The van der Waals surface area contributed by atoms with Crippen molar-refractivity contribution in [2.45, 2.75) is 31.7 Å². The Kier molecular flexibility index (Phi) is 5.12. The van der Waals surface area contributed by atoms with Crippen LogP contribution in [-0.4, -0.2) is 41.2 Å². The largest absolute Gasteiger partial charge is 0.493 e. The van der Waals surface area contributed by atoms with Crippen LogP contribution in [0.4, 0.5) is 0 Å². The quantitative estimate of drug-likeness (QED) is 0.600. The van der Waals surface area contributed by atoms with E-state index in [1.807, 2.05) is 30.3 Å². The zero-order valence-electron chi connectivity index (χ0n) is 15.7. The van der Waals surface area contributed by atoms with Crippen molar-refractivity contribution in [3.63, 3.8) is 0 Å². The summed E-state index contributed by atoms with van der Waals surface area (Å²) >= 11 is 0. The second-order valence-electron chi connectivity index (χ2n) is 7.06. The van der Waals surface area contributed by atoms with Crippen molar-refractivity contribution in [1.29, 1.82) is 0 Å². The van der Waals surface area contributed by atoms with Gasteiger partial charge in [0.25, 0.3) is 11.8 Å². The van der Waals surface area contributed by atoms with Crippen LogP contribution in [-0.2, 0) is 16.0 Å². The molecule has 1 atom stereocenters. The zero-order chi connectivity index (χ0) is 20.4. The van der Waals surface area contributed by atoms with Crippen molar-refractivity contribution in [1.82, 2.24) is 10.2 Å². The number of hydrogen-bond donors (Lipinski definition) is 1. The van der Waals surface area contributed by atoms with Gasteiger partial charge in [-0.3, -0.25) is 29.4 Å². The first-order valence-corrected chi connectivity index (χ1v) is 9.57. The molecule has 0 aliphatic carbocycles. The van der Waals surface area contributed by atoms with Gasteiger partial charge in [-0.05, 0) is 37.0 Å². The maximum absolute atomic E-state index is 13.0. The third-order valence-corrected chi connectivity index (χ3v) is 5.14. The standard InChI is InChI=1S/C22H20N2O5/c25-18-12-11-16(20(26)23-18)24-21(27)15-9-4-10-17(19(15)22(24)28)29-13-5-8-14-6-2-1-3-7-14/h1-4,6-7,9-10,16H,5,8,11-13H2,(H,23,25,26). The maximum Gasteiger partial charge on any atom is 0.266 e. The number of carbonyl (C=O) groups is 4. The van der Waals surface area contributed by atoms with Crippen LogP contribution in [0, 0.1) is 0 Å². The summed E-state index contributed by atoms with van der Waals surface area (Å²) in [6.45, 7) is 0.394. The Balaban J connectivity index is 1.47. The van der Waals surface area contributed by atoms with Crippen molar-refractivity contribution in [3.05, 3.63) is 65.2 Å². The van der Waals surface area contributed by atoms with Gasteiger partial charge < -0.3 is 4.74 Å². The minimum atomic E-state index is -0.981. The molecule has 7 heteroatoms. The number of benzene rings is 2. The van der Waals surface area contributed by atoms with E-state index in [-0.39, 0.29) is 24.0 Å². The molecule has 1 saturated heterocycles. The lowest BCUT2D eigenvalue weighted by molar-refractivity contribution is -0.136. The molecular formula is C22H20N2O5. The van der Waals surface area contributed by atoms with Gasteiger partial charge in [-0.15, -0.1) is 0 Å². The van der Waals surface area contributed by atoms with Gasteiger partial charge in [0.2, 0.25) is 11.8 Å². The molecule has 0 bridgehead atoms. The fourth-order valence-electron chi connectivity index (χ4n) is 3.71. The smallest absolute Gasteiger partial charge is 0.266 e. The number of piperidine rings is 1. The van der Waals surface area contributed by atoms with Gasteiger partial charge in [-0.25, -0.2) is 0 Å². The summed E-state index contributed by atoms with van der Waals surface area (Å²) in [5, 5.41) is 2.19. The predicted molar refractivity (Wildman–Crippen MR) is 103 cm³/mol. The Labute approximate surface area is 167 Å². The molecule has 1 fully saturated rings. The molecule has 7 nitrogen and oxygen atoms in total. The number of imide groups is 2. The molecule has 148 valence electrons. The predicted octanol–water partition coefficient (Wildman–Crippen LogP) is 2.10. The lowest BCUT2D eigenvalue weighted by Gasteiger charge is -2.27. The summed E-state index contributed by atoms with van der Waals surface area (Å²) in [4.78, 5) is 50.2. The van der Waals surface area contributed by atoms with Gasteiger partial charge in [0, 0.05) is 6.42 Å². The van der Waals surface area contributed by atoms with E-state index >= 15 is 0 Å². The van der Waals surface area contributed by atoms with Crippen molar-refractivity contribution >= 4 is 23.6 Å². The number of ether oxygens (including phenoxy) is 1. The molecule has 0 spiro atoms. The number of rotatable bonds is 6. The number of nitrogens with one attached hydrogen (secondary N) is 1. The molecule has 2 aromatic rings. The van der Waals surface area contributed by atoms with Crippen molar-refractivity contribution in [2.75, 3.05) is 6.61 Å². The Hall–Kier alpha value is -3.48. The normalized spacial score (nSPS) is 18.6. The van der Waals surface area contributed by atoms with Crippen LogP contribution >= 0.6 is 0 Å². The minimum absolute atomic E-state index is 0.0899. The van der Waals surface area contributed by atoms with Crippen LogP contribution in [0.5, 0.6) is 5.75 Å². The summed E-state index contributed by atoms with van der Waals surface area (Å²) in [7, 11) is 0. The average Bonchev–Trinajstić information content (AvgIpc) is 2.98. The zero-order valence-corrected chi connectivity index (χ0v) is 15.7. The molecule has 4 rings (SSSR count). The van der Waals surface area contributed by atoms with Crippen LogP contribution in [0.3, 0.4) is 0 Å². The van der Waals surface area contributed by atoms with Crippen molar-refractivity contribution in [2.24, 2.45) is 0 Å². The third-order valence-electron chi connectivity index (χ3n) is 5.14. The molecule has 2 aliphatic heterocycles. The summed E-state index contributed by atoms with van der Waals surface area (Å²) in [6.07, 6.45) is 1.81. The van der Waals surface area contributed by atoms with Crippen LogP contribution in [0.2, 0.25) is 0 Å². The highest BCUT2D eigenvalue weighted by Gasteiger charge is 2.45. The van der Waals surface area contributed by atoms with Gasteiger partial charge in [-0.1, -0.05) is 36.4 Å². The fraction of sp³-hybridized carbons (Fsp3) is 0.273. The summed E-state index contributed by atoms with van der Waals surface area (Å²) in [5.41, 5.74) is 1.60. The first-order chi connectivity index (χ1) is 14.1. The molecule has 0 radical (unpaired) electrons. The number of carbonyl (C=O) groups excluding carboxylic acids is 4. The number of nitrogens with zero attached hydrogens (tertiary/aromatic N) is 1. The van der Waals surface area contributed by atoms with Crippen LogP contribution in [0.15, 0.2) is 48.5 Å². The molecule has 29 heavy (non-hydrogen) atoms. The molecule has 0 aromatic heterocycles. The molecule has 0 saturated carbocycles. The topological polar surface area (TPSA) is 92.8 Å². The van der Waals surface area contributed by atoms with E-state index in [0.29, 0.717) is 12.4 Å². The first-order valence-electron chi connectivity index (χ1n) is 9.57. The molecule has 1 unspecified atom stereocenters. The SMILES string of the molecule is O=C1CCC(N2C(=O)c3cccc(OCCCc4ccccc4)c3C2=O)C(=O)N1. The van der Waals surface area contributed by atoms with Gasteiger partial charge in [-0.2, -0.15) is 0 Å². The lowest BCUT2D eigenvalue weighted by atomic mass is 10.0. The molecule has 2 aliphatic rings. The first kappa shape index (κ1) is 18.9. The van der Waals surface area contributed by atoms with Gasteiger partial charge in [0.05, 0.1) is 17.7 Å². The summed E-state index contributed by atoms with van der Waals surface area (Å²) < 4.78 is 5.81. The Morgan fingerprint density at radius 1 is 0.966 bits per heavy atom. The van der Waals surface area contributed by atoms with E-state index in [1.165, 1.54) is 5.56 Å². The maximum atomic E-state index is 13.0. The number of hydrogen-bond acceptors (Lipinski definition) is 5. The second kappa shape index (κ2) is 7.87. The summed E-state index contributed by atoms with van der Waals surface area (Å²) in [6, 6.07) is 13.9. The van der Waals surface area contributed by atoms with Crippen molar-refractivity contribution < 1.29 is 23.9 Å². The highest BCUT2D eigenvalue weighted by Crippen LogP contribution is 2.33. The molecule has 4 amide bonds. The minimum Gasteiger partial charge on any atom is -0.493 e. The Morgan fingerprint density at radius 2 is 1.76 bits per heavy atom. The molecule has 1 N–H and O–H groups in total. The van der Waals surface area contributed by atoms with E-state index in [1.54, 1.807) is 18.2 Å². The van der Waals surface area contributed by atoms with E-state index in [2.05, 4.69) is 5.32 Å². The monoisotopic (exact) mass is 392 g/mol. The highest BCUT2D eigenvalue weighted by molar-refractivity contribution is 6.24. The third kappa shape index (κ3) is 3.63. The van der Waals surface area contributed by atoms with Crippen LogP contribution in [0.1, 0.15) is 45.5 Å². The highest BCUT2D eigenvalue weighted by atomic mass is 16.5. The number of aryl methyl sites for hydroxylation is 1. The van der Waals surface area contributed by atoms with Crippen molar-refractivity contribution in [3.8, 4) is 5.75 Å². The van der Waals surface area contributed by atoms with Gasteiger partial charge >= 0.3 is 0 Å². The molecular weight excluding hydrogens is 372 g/mol. The van der Waals surface area contributed by atoms with Crippen LogP contribution in [0.25, 0.3) is 0 Å². The second-order valence-corrected chi connectivity index (χ2v) is 7.06. The Bertz CT molecular complexity index is 986. The average molecular weight is 392 g/mol. The fourth-order valence-corrected chi connectivity index (χ4v) is 3.71. The number of amides is 4. The van der Waals surface area contributed by atoms with E-state index in [4.69, 9.17) is 4.74 Å². The van der Waals surface area contributed by atoms with E-state index in [9.17, 15) is 19.2 Å². The van der Waals surface area contributed by atoms with Crippen LogP contribution < -0.4 is 10.1 Å². The van der Waals surface area contributed by atoms with E-state index in [0.717, 1.165) is 17.7 Å². The number of fused-ring (bicyclic) bond motifs is 1. The van der Waals surface area contributed by atoms with E-state index < -0.39 is 29.7 Å².